The van der Waals surface area contributed by atoms with Gasteiger partial charge in [-0.05, 0) is 24.5 Å². The van der Waals surface area contributed by atoms with Crippen LogP contribution >= 0.6 is 22.6 Å². The van der Waals surface area contributed by atoms with Crippen molar-refractivity contribution in [2.75, 3.05) is 11.0 Å². The van der Waals surface area contributed by atoms with E-state index in [0.717, 1.165) is 17.5 Å². The summed E-state index contributed by atoms with van der Waals surface area (Å²) in [7, 11) is 0. The Balaban J connectivity index is 2.73. The second kappa shape index (κ2) is 6.40. The van der Waals surface area contributed by atoms with E-state index in [2.05, 4.69) is 60.7 Å². The average molecular weight is 304 g/mol. The van der Waals surface area contributed by atoms with Crippen LogP contribution in [-0.4, -0.2) is 11.0 Å². The first kappa shape index (κ1) is 12.0. The number of alkyl halides is 1. The average Bonchev–Trinajstić information content (AvgIpc) is 2.21. The van der Waals surface area contributed by atoms with Gasteiger partial charge < -0.3 is 4.74 Å². The molecule has 1 aromatic carbocycles. The number of rotatable bonds is 5. The Morgan fingerprint density at radius 3 is 2.64 bits per heavy atom. The first-order valence-electron chi connectivity index (χ1n) is 5.02. The van der Waals surface area contributed by atoms with Gasteiger partial charge in [0, 0.05) is 11.0 Å². The van der Waals surface area contributed by atoms with Gasteiger partial charge in [-0.3, -0.25) is 0 Å². The summed E-state index contributed by atoms with van der Waals surface area (Å²) in [6.07, 6.45) is 1.34. The minimum absolute atomic E-state index is 0.261. The highest BCUT2D eigenvalue weighted by Gasteiger charge is 2.11. The predicted molar refractivity (Wildman–Crippen MR) is 69.1 cm³/mol. The molecule has 0 aromatic heterocycles. The topological polar surface area (TPSA) is 9.23 Å². The molecule has 0 fully saturated rings. The van der Waals surface area contributed by atoms with Crippen LogP contribution in [0.1, 0.15) is 30.6 Å². The normalized spacial score (nSPS) is 12.8. The molecular formula is C12H17IO. The molecule has 0 amide bonds. The third-order valence-electron chi connectivity index (χ3n) is 2.20. The van der Waals surface area contributed by atoms with Crippen LogP contribution < -0.4 is 0 Å². The Kier molecular flexibility index (Phi) is 5.48. The van der Waals surface area contributed by atoms with Crippen molar-refractivity contribution in [3.8, 4) is 0 Å². The third kappa shape index (κ3) is 3.24. The summed E-state index contributed by atoms with van der Waals surface area (Å²) in [5.41, 5.74) is 2.65. The third-order valence-corrected chi connectivity index (χ3v) is 3.00. The lowest BCUT2D eigenvalue weighted by Gasteiger charge is -2.17. The first-order chi connectivity index (χ1) is 6.79. The molecule has 0 bridgehead atoms. The largest absolute Gasteiger partial charge is 0.373 e. The van der Waals surface area contributed by atoms with Crippen LogP contribution in [0.25, 0.3) is 0 Å². The zero-order valence-electron chi connectivity index (χ0n) is 8.79. The highest BCUT2D eigenvalue weighted by atomic mass is 127. The Morgan fingerprint density at radius 1 is 1.36 bits per heavy atom. The molecular weight excluding hydrogens is 287 g/mol. The maximum absolute atomic E-state index is 5.80. The van der Waals surface area contributed by atoms with Gasteiger partial charge in [-0.1, -0.05) is 53.8 Å². The molecule has 1 nitrogen and oxygen atoms in total. The van der Waals surface area contributed by atoms with E-state index >= 15 is 0 Å². The highest BCUT2D eigenvalue weighted by molar-refractivity contribution is 14.1. The lowest BCUT2D eigenvalue weighted by molar-refractivity contribution is 0.0711. The summed E-state index contributed by atoms with van der Waals surface area (Å²) in [6.45, 7) is 5.13. The molecule has 0 aliphatic rings. The van der Waals surface area contributed by atoms with E-state index in [-0.39, 0.29) is 6.10 Å². The molecule has 0 radical (unpaired) electrons. The van der Waals surface area contributed by atoms with Crippen LogP contribution in [0.4, 0.5) is 0 Å². The second-order valence-electron chi connectivity index (χ2n) is 3.37. The fourth-order valence-corrected chi connectivity index (χ4v) is 2.15. The molecule has 14 heavy (non-hydrogen) atoms. The van der Waals surface area contributed by atoms with E-state index in [1.165, 1.54) is 11.1 Å². The fraction of sp³-hybridized carbons (Fsp3) is 0.500. The van der Waals surface area contributed by atoms with Crippen molar-refractivity contribution in [1.82, 2.24) is 0 Å². The van der Waals surface area contributed by atoms with Crippen molar-refractivity contribution in [2.45, 2.75) is 26.4 Å². The van der Waals surface area contributed by atoms with Crippen molar-refractivity contribution < 1.29 is 4.74 Å². The number of halogens is 1. The predicted octanol–water partition coefficient (Wildman–Crippen LogP) is 3.90. The first-order valence-corrected chi connectivity index (χ1v) is 6.55. The van der Waals surface area contributed by atoms with Gasteiger partial charge in [-0.2, -0.15) is 0 Å². The molecule has 1 aromatic rings. The van der Waals surface area contributed by atoms with Gasteiger partial charge in [0.1, 0.15) is 0 Å². The molecule has 1 rings (SSSR count). The highest BCUT2D eigenvalue weighted by Crippen LogP contribution is 2.23. The van der Waals surface area contributed by atoms with Gasteiger partial charge in [-0.15, -0.1) is 0 Å². The van der Waals surface area contributed by atoms with Crippen molar-refractivity contribution >= 4 is 22.6 Å². The summed E-state index contributed by atoms with van der Waals surface area (Å²) >= 11 is 2.38. The maximum Gasteiger partial charge on any atom is 0.0916 e. The fourth-order valence-electron chi connectivity index (χ4n) is 1.43. The number of hydrogen-bond donors (Lipinski definition) is 0. The summed E-state index contributed by atoms with van der Waals surface area (Å²) in [5.74, 6) is 0. The van der Waals surface area contributed by atoms with Crippen LogP contribution in [0, 0.1) is 6.92 Å². The lowest BCUT2D eigenvalue weighted by atomic mass is 10.0. The SMILES string of the molecule is CCCOC(CI)c1ccccc1C. The monoisotopic (exact) mass is 304 g/mol. The van der Waals surface area contributed by atoms with E-state index < -0.39 is 0 Å². The van der Waals surface area contributed by atoms with Crippen LogP contribution in [0.2, 0.25) is 0 Å². The Labute approximate surface area is 100.0 Å². The molecule has 78 valence electrons. The number of aryl methyl sites for hydroxylation is 1. The van der Waals surface area contributed by atoms with E-state index in [1.54, 1.807) is 0 Å². The van der Waals surface area contributed by atoms with E-state index in [0.29, 0.717) is 0 Å². The molecule has 1 unspecified atom stereocenters. The zero-order chi connectivity index (χ0) is 10.4. The van der Waals surface area contributed by atoms with Gasteiger partial charge in [0.2, 0.25) is 0 Å². The molecule has 0 aliphatic carbocycles. The molecule has 0 aliphatic heterocycles. The molecule has 0 N–H and O–H groups in total. The Bertz CT molecular complexity index is 273. The molecule has 0 spiro atoms. The molecule has 0 saturated heterocycles. The van der Waals surface area contributed by atoms with Crippen LogP contribution in [0.5, 0.6) is 0 Å². The minimum Gasteiger partial charge on any atom is -0.373 e. The molecule has 0 saturated carbocycles. The van der Waals surface area contributed by atoms with E-state index in [4.69, 9.17) is 4.74 Å². The van der Waals surface area contributed by atoms with Gasteiger partial charge in [0.05, 0.1) is 6.10 Å². The summed E-state index contributed by atoms with van der Waals surface area (Å²) in [4.78, 5) is 0. The smallest absolute Gasteiger partial charge is 0.0916 e. The summed E-state index contributed by atoms with van der Waals surface area (Å²) in [6, 6.07) is 8.46. The number of ether oxygens (including phenoxy) is 1. The van der Waals surface area contributed by atoms with Gasteiger partial charge in [0.25, 0.3) is 0 Å². The van der Waals surface area contributed by atoms with Crippen molar-refractivity contribution in [3.63, 3.8) is 0 Å². The molecule has 2 heteroatoms. The van der Waals surface area contributed by atoms with Gasteiger partial charge in [-0.25, -0.2) is 0 Å². The van der Waals surface area contributed by atoms with E-state index in [1.807, 2.05) is 0 Å². The maximum atomic E-state index is 5.80. The summed E-state index contributed by atoms with van der Waals surface area (Å²) in [5, 5.41) is 0. The van der Waals surface area contributed by atoms with Crippen molar-refractivity contribution in [1.29, 1.82) is 0 Å². The number of hydrogen-bond acceptors (Lipinski definition) is 1. The lowest BCUT2D eigenvalue weighted by Crippen LogP contribution is -2.08. The quantitative estimate of drug-likeness (QED) is 0.592. The molecule has 0 heterocycles. The van der Waals surface area contributed by atoms with Crippen LogP contribution in [-0.2, 0) is 4.74 Å². The van der Waals surface area contributed by atoms with Crippen molar-refractivity contribution in [2.24, 2.45) is 0 Å². The Morgan fingerprint density at radius 2 is 2.07 bits per heavy atom. The number of benzene rings is 1. The van der Waals surface area contributed by atoms with Crippen LogP contribution in [0.15, 0.2) is 24.3 Å². The molecule has 1 atom stereocenters. The van der Waals surface area contributed by atoms with Gasteiger partial charge >= 0.3 is 0 Å². The van der Waals surface area contributed by atoms with E-state index in [9.17, 15) is 0 Å². The summed E-state index contributed by atoms with van der Waals surface area (Å²) < 4.78 is 6.82. The zero-order valence-corrected chi connectivity index (χ0v) is 11.0. The minimum atomic E-state index is 0.261. The van der Waals surface area contributed by atoms with Crippen LogP contribution in [0.3, 0.4) is 0 Å². The second-order valence-corrected chi connectivity index (χ2v) is 4.25. The standard InChI is InChI=1S/C12H17IO/c1-3-8-14-12(9-13)11-7-5-4-6-10(11)2/h4-7,12H,3,8-9H2,1-2H3. The van der Waals surface area contributed by atoms with Crippen molar-refractivity contribution in [3.05, 3.63) is 35.4 Å². The Hall–Kier alpha value is -0.0900. The van der Waals surface area contributed by atoms with Gasteiger partial charge in [0.15, 0.2) is 0 Å².